The van der Waals surface area contributed by atoms with E-state index in [1.54, 1.807) is 32.2 Å². The number of furan rings is 1. The number of ether oxygens (including phenoxy) is 2. The lowest BCUT2D eigenvalue weighted by Gasteiger charge is -2.30. The van der Waals surface area contributed by atoms with Crippen molar-refractivity contribution >= 4 is 29.1 Å². The van der Waals surface area contributed by atoms with Crippen molar-refractivity contribution in [2.45, 2.75) is 25.8 Å². The molecule has 0 bridgehead atoms. The lowest BCUT2D eigenvalue weighted by molar-refractivity contribution is 0.0526. The Hall–Kier alpha value is -4.95. The molecule has 5 aromatic rings. The Balaban J connectivity index is 1.31. The Morgan fingerprint density at radius 3 is 2.58 bits per heavy atom. The zero-order valence-corrected chi connectivity index (χ0v) is 24.5. The molecular weight excluding hydrogens is 560 g/mol. The topological polar surface area (TPSA) is 83.0 Å². The van der Waals surface area contributed by atoms with Gasteiger partial charge in [-0.15, -0.1) is 0 Å². The molecule has 1 aliphatic heterocycles. The van der Waals surface area contributed by atoms with E-state index < -0.39 is 0 Å². The summed E-state index contributed by atoms with van der Waals surface area (Å²) in [6, 6.07) is 26.8. The van der Waals surface area contributed by atoms with Gasteiger partial charge in [-0.3, -0.25) is 9.36 Å². The van der Waals surface area contributed by atoms with Crippen molar-refractivity contribution in [2.24, 2.45) is 4.99 Å². The van der Waals surface area contributed by atoms with Crippen LogP contribution in [0, 0.1) is 0 Å². The van der Waals surface area contributed by atoms with E-state index in [9.17, 15) is 9.59 Å². The van der Waals surface area contributed by atoms with Crippen LogP contribution in [0.5, 0.6) is 5.75 Å². The van der Waals surface area contributed by atoms with Gasteiger partial charge in [-0.05, 0) is 72.9 Å². The summed E-state index contributed by atoms with van der Waals surface area (Å²) in [5, 5.41) is 0. The summed E-state index contributed by atoms with van der Waals surface area (Å²) >= 11 is 1.37. The second-order valence-corrected chi connectivity index (χ2v) is 11.4. The van der Waals surface area contributed by atoms with Gasteiger partial charge >= 0.3 is 5.97 Å². The number of hydrogen-bond acceptors (Lipinski definition) is 7. The van der Waals surface area contributed by atoms with Crippen molar-refractivity contribution in [3.63, 3.8) is 0 Å². The monoisotopic (exact) mass is 588 g/mol. The second-order valence-electron chi connectivity index (χ2n) is 10.4. The summed E-state index contributed by atoms with van der Waals surface area (Å²) in [5.41, 5.74) is 6.72. The molecule has 8 heteroatoms. The van der Waals surface area contributed by atoms with Crippen LogP contribution in [0.15, 0.2) is 105 Å². The zero-order valence-electron chi connectivity index (χ0n) is 23.7. The van der Waals surface area contributed by atoms with Gasteiger partial charge in [0.2, 0.25) is 0 Å². The Morgan fingerprint density at radius 1 is 1.02 bits per heavy atom. The van der Waals surface area contributed by atoms with Crippen molar-refractivity contribution in [2.75, 3.05) is 13.7 Å². The Kier molecular flexibility index (Phi) is 6.91. The highest BCUT2D eigenvalue weighted by atomic mass is 32.1. The summed E-state index contributed by atoms with van der Waals surface area (Å²) in [6.07, 6.45) is 3.51. The third-order valence-corrected chi connectivity index (χ3v) is 8.87. The largest absolute Gasteiger partial charge is 0.497 e. The molecule has 0 saturated carbocycles. The standard InChI is InChI=1S/C35H28N2O5S/c1-3-41-34(39)24-10-8-22(9-11-24)29-19-17-26(42-29)20-30-33(38)37-32(23-12-15-25(40-2)16-13-23)28-18-14-21-6-4-5-7-27(21)31(28)36-35(37)43-30/h4-13,15-17,19-20,32H,3,14,18H2,1-2H3/b30-20+/t32-/m1/s1. The van der Waals surface area contributed by atoms with Crippen molar-refractivity contribution in [1.29, 1.82) is 0 Å². The van der Waals surface area contributed by atoms with Crippen LogP contribution in [-0.2, 0) is 11.2 Å². The summed E-state index contributed by atoms with van der Waals surface area (Å²) < 4.78 is 19.0. The molecule has 1 atom stereocenters. The van der Waals surface area contributed by atoms with Gasteiger partial charge in [-0.1, -0.05) is 59.9 Å². The van der Waals surface area contributed by atoms with Crippen LogP contribution in [-0.4, -0.2) is 24.3 Å². The number of aromatic nitrogens is 1. The molecule has 0 unspecified atom stereocenters. The Bertz CT molecular complexity index is 2060. The van der Waals surface area contributed by atoms with Gasteiger partial charge in [0, 0.05) is 17.2 Å². The van der Waals surface area contributed by atoms with Gasteiger partial charge in [-0.2, -0.15) is 0 Å². The first kappa shape index (κ1) is 26.9. The Labute approximate surface area is 251 Å². The van der Waals surface area contributed by atoms with E-state index in [4.69, 9.17) is 18.9 Å². The van der Waals surface area contributed by atoms with Crippen LogP contribution >= 0.6 is 11.3 Å². The van der Waals surface area contributed by atoms with Gasteiger partial charge in [-0.25, -0.2) is 9.79 Å². The molecule has 43 heavy (non-hydrogen) atoms. The smallest absolute Gasteiger partial charge is 0.338 e. The molecule has 7 rings (SSSR count). The minimum Gasteiger partial charge on any atom is -0.497 e. The third-order valence-electron chi connectivity index (χ3n) is 7.89. The predicted octanol–water partition coefficient (Wildman–Crippen LogP) is 5.76. The first-order chi connectivity index (χ1) is 21.0. The van der Waals surface area contributed by atoms with Crippen LogP contribution in [0.25, 0.3) is 23.1 Å². The molecule has 2 aromatic heterocycles. The number of carbonyl (C=O) groups is 1. The van der Waals surface area contributed by atoms with E-state index in [1.165, 1.54) is 16.9 Å². The second kappa shape index (κ2) is 11.0. The summed E-state index contributed by atoms with van der Waals surface area (Å²) in [4.78, 5) is 31.8. The number of rotatable bonds is 6. The average Bonchev–Trinajstić information content (AvgIpc) is 3.64. The molecule has 0 saturated heterocycles. The maximum absolute atomic E-state index is 14.0. The van der Waals surface area contributed by atoms with Crippen molar-refractivity contribution in [3.8, 4) is 17.1 Å². The number of hydrogen-bond donors (Lipinski definition) is 0. The van der Waals surface area contributed by atoms with Gasteiger partial charge in [0.05, 0.1) is 35.6 Å². The molecule has 0 fully saturated rings. The molecule has 214 valence electrons. The first-order valence-electron chi connectivity index (χ1n) is 14.2. The van der Waals surface area contributed by atoms with Crippen molar-refractivity contribution in [1.82, 2.24) is 4.57 Å². The number of thiazole rings is 1. The van der Waals surface area contributed by atoms with Crippen LogP contribution in [0.3, 0.4) is 0 Å². The minimum atomic E-state index is -0.359. The fraction of sp³-hybridized carbons (Fsp3) is 0.171. The van der Waals surface area contributed by atoms with E-state index >= 15 is 0 Å². The maximum Gasteiger partial charge on any atom is 0.338 e. The lowest BCUT2D eigenvalue weighted by Crippen LogP contribution is -2.38. The molecule has 3 heterocycles. The van der Waals surface area contributed by atoms with E-state index in [2.05, 4.69) is 18.2 Å². The highest BCUT2D eigenvalue weighted by Gasteiger charge is 2.32. The molecular formula is C35H28N2O5S. The molecule has 7 nitrogen and oxygen atoms in total. The number of aryl methyl sites for hydroxylation is 1. The van der Waals surface area contributed by atoms with Crippen molar-refractivity contribution < 1.29 is 18.7 Å². The van der Waals surface area contributed by atoms with Gasteiger partial charge in [0.25, 0.3) is 5.56 Å². The normalized spacial score (nSPS) is 15.8. The molecule has 0 spiro atoms. The number of benzene rings is 3. The predicted molar refractivity (Wildman–Crippen MR) is 166 cm³/mol. The van der Waals surface area contributed by atoms with E-state index in [-0.39, 0.29) is 17.6 Å². The number of fused-ring (bicyclic) bond motifs is 3. The fourth-order valence-electron chi connectivity index (χ4n) is 5.81. The van der Waals surface area contributed by atoms with Crippen LogP contribution in [0.1, 0.15) is 52.2 Å². The molecule has 1 aliphatic carbocycles. The number of nitrogens with zero attached hydrogens (tertiary/aromatic N) is 2. The number of methoxy groups -OCH3 is 1. The first-order valence-corrected chi connectivity index (χ1v) is 15.0. The third kappa shape index (κ3) is 4.83. The molecule has 0 N–H and O–H groups in total. The minimum absolute atomic E-state index is 0.105. The molecule has 0 radical (unpaired) electrons. The van der Waals surface area contributed by atoms with E-state index in [0.717, 1.165) is 46.6 Å². The van der Waals surface area contributed by atoms with Crippen molar-refractivity contribution in [3.05, 3.63) is 138 Å². The summed E-state index contributed by atoms with van der Waals surface area (Å²) in [7, 11) is 1.65. The molecule has 0 amide bonds. The summed E-state index contributed by atoms with van der Waals surface area (Å²) in [6.45, 7) is 2.10. The number of carbonyl (C=O) groups excluding carboxylic acids is 1. The maximum atomic E-state index is 14.0. The lowest BCUT2D eigenvalue weighted by atomic mass is 9.83. The SMILES string of the molecule is CCOC(=O)c1ccc(-c2ccc(/C=c3/sc4n(c3=O)[C@H](c3ccc(OC)cc3)C3=C(N=4)c4ccccc4CC3)o2)cc1. The van der Waals surface area contributed by atoms with Crippen LogP contribution in [0.2, 0.25) is 0 Å². The average molecular weight is 589 g/mol. The van der Waals surface area contributed by atoms with Gasteiger partial charge in [0.15, 0.2) is 4.80 Å². The Morgan fingerprint density at radius 2 is 1.81 bits per heavy atom. The highest BCUT2D eigenvalue weighted by molar-refractivity contribution is 7.07. The molecule has 3 aromatic carbocycles. The molecule has 2 aliphatic rings. The van der Waals surface area contributed by atoms with Gasteiger partial charge < -0.3 is 13.9 Å². The zero-order chi connectivity index (χ0) is 29.5. The quantitative estimate of drug-likeness (QED) is 0.236. The van der Waals surface area contributed by atoms with Gasteiger partial charge in [0.1, 0.15) is 17.3 Å². The van der Waals surface area contributed by atoms with Crippen LogP contribution < -0.4 is 19.6 Å². The summed E-state index contributed by atoms with van der Waals surface area (Å²) in [5.74, 6) is 1.61. The highest BCUT2D eigenvalue weighted by Crippen LogP contribution is 2.41. The fourth-order valence-corrected chi connectivity index (χ4v) is 6.79. The van der Waals surface area contributed by atoms with E-state index in [0.29, 0.717) is 33.0 Å². The number of allylic oxidation sites excluding steroid dienone is 1. The van der Waals surface area contributed by atoms with Crippen LogP contribution in [0.4, 0.5) is 0 Å². The van der Waals surface area contributed by atoms with E-state index in [1.807, 2.05) is 59.2 Å². The number of esters is 1.